The Balaban J connectivity index is 1.85. The first-order chi connectivity index (χ1) is 15.6. The average Bonchev–Trinajstić information content (AvgIpc) is 2.73. The van der Waals surface area contributed by atoms with Gasteiger partial charge in [0, 0.05) is 23.4 Å². The summed E-state index contributed by atoms with van der Waals surface area (Å²) in [6.07, 6.45) is 0. The fraction of sp³-hybridized carbons (Fsp3) is 0.136. The predicted octanol–water partition coefficient (Wildman–Crippen LogP) is 4.94. The molecule has 2 N–H and O–H groups in total. The Morgan fingerprint density at radius 2 is 1.73 bits per heavy atom. The first kappa shape index (κ1) is 24.4. The number of ether oxygens (including phenoxy) is 2. The summed E-state index contributed by atoms with van der Waals surface area (Å²) in [5.74, 6) is -4.08. The largest absolute Gasteiger partial charge is 0.492 e. The molecule has 0 aliphatic carbocycles. The van der Waals surface area contributed by atoms with Crippen molar-refractivity contribution in [2.24, 2.45) is 0 Å². The first-order valence-corrected chi connectivity index (χ1v) is 11.8. The van der Waals surface area contributed by atoms with E-state index in [2.05, 4.69) is 14.8 Å². The lowest BCUT2D eigenvalue weighted by molar-refractivity contribution is -0.0891. The Bertz CT molecular complexity index is 1240. The van der Waals surface area contributed by atoms with E-state index in [1.807, 2.05) is 0 Å². The van der Waals surface area contributed by atoms with E-state index < -0.39 is 15.9 Å². The number of anilines is 2. The Morgan fingerprint density at radius 3 is 2.39 bits per heavy atom. The maximum Gasteiger partial charge on any atom is 0.408 e. The van der Waals surface area contributed by atoms with Crippen LogP contribution in [0.1, 0.15) is 17.3 Å². The number of nitrogens with one attached hydrogen (secondary N) is 2. The monoisotopic (exact) mass is 494 g/mol. The van der Waals surface area contributed by atoms with Crippen molar-refractivity contribution in [1.29, 1.82) is 0 Å². The number of carbonyl (C=O) groups excluding carboxylic acids is 1. The summed E-state index contributed by atoms with van der Waals surface area (Å²) >= 11 is 0. The van der Waals surface area contributed by atoms with E-state index >= 15 is 0 Å². The summed E-state index contributed by atoms with van der Waals surface area (Å²) in [6, 6.07) is 17.8. The second kappa shape index (κ2) is 10.1. The molecule has 174 valence electrons. The molecule has 0 spiro atoms. The van der Waals surface area contributed by atoms with Crippen molar-refractivity contribution < 1.29 is 31.5 Å². The SMILES string of the molecule is CCOc1cc(NC(=O)c2ccccc2)ccc1S(=O)(=O)Nc1cccc(OC(F)(F)P)c1. The van der Waals surface area contributed by atoms with Gasteiger partial charge in [-0.15, -0.1) is 0 Å². The minimum Gasteiger partial charge on any atom is -0.492 e. The molecule has 3 rings (SSSR count). The van der Waals surface area contributed by atoms with E-state index in [0.717, 1.165) is 6.07 Å². The van der Waals surface area contributed by atoms with Gasteiger partial charge in [0.05, 0.1) is 12.3 Å². The third-order valence-corrected chi connectivity index (χ3v) is 5.71. The lowest BCUT2D eigenvalue weighted by Gasteiger charge is -2.16. The summed E-state index contributed by atoms with van der Waals surface area (Å²) in [7, 11) is -2.92. The lowest BCUT2D eigenvalue weighted by atomic mass is 10.2. The number of hydrogen-bond donors (Lipinski definition) is 2. The van der Waals surface area contributed by atoms with Gasteiger partial charge in [0.1, 0.15) is 16.4 Å². The molecule has 0 aliphatic rings. The molecule has 0 aromatic heterocycles. The van der Waals surface area contributed by atoms with Crippen LogP contribution < -0.4 is 19.5 Å². The zero-order chi connectivity index (χ0) is 24.1. The molecule has 0 aliphatic heterocycles. The van der Waals surface area contributed by atoms with Crippen molar-refractivity contribution in [2.75, 3.05) is 16.6 Å². The van der Waals surface area contributed by atoms with Gasteiger partial charge in [0.2, 0.25) is 0 Å². The summed E-state index contributed by atoms with van der Waals surface area (Å²) in [5, 5.41) is 2.69. The number of alkyl halides is 2. The molecule has 0 saturated carbocycles. The molecule has 3 aromatic rings. The van der Waals surface area contributed by atoms with Crippen LogP contribution in [0.3, 0.4) is 0 Å². The van der Waals surface area contributed by atoms with E-state index in [-0.39, 0.29) is 34.6 Å². The van der Waals surface area contributed by atoms with Gasteiger partial charge in [-0.2, -0.15) is 8.78 Å². The molecule has 0 radical (unpaired) electrons. The third-order valence-electron chi connectivity index (χ3n) is 4.17. The van der Waals surface area contributed by atoms with E-state index in [9.17, 15) is 22.0 Å². The van der Waals surface area contributed by atoms with Gasteiger partial charge < -0.3 is 14.8 Å². The Kier molecular flexibility index (Phi) is 7.50. The molecule has 7 nitrogen and oxygen atoms in total. The number of benzene rings is 3. The Labute approximate surface area is 192 Å². The van der Waals surface area contributed by atoms with E-state index in [0.29, 0.717) is 11.3 Å². The van der Waals surface area contributed by atoms with E-state index in [4.69, 9.17) is 4.74 Å². The number of amides is 1. The molecule has 1 amide bonds. The van der Waals surface area contributed by atoms with Crippen LogP contribution in [0.25, 0.3) is 0 Å². The molecule has 1 atom stereocenters. The second-order valence-electron chi connectivity index (χ2n) is 6.71. The molecular formula is C22H21F2N2O5PS. The lowest BCUT2D eigenvalue weighted by Crippen LogP contribution is -2.17. The Hall–Kier alpha value is -3.23. The number of halogens is 2. The normalized spacial score (nSPS) is 11.5. The van der Waals surface area contributed by atoms with Crippen LogP contribution in [0, 0.1) is 0 Å². The van der Waals surface area contributed by atoms with Gasteiger partial charge >= 0.3 is 5.85 Å². The maximum absolute atomic E-state index is 13.1. The van der Waals surface area contributed by atoms with Gasteiger partial charge in [-0.05, 0) is 52.6 Å². The van der Waals surface area contributed by atoms with Crippen LogP contribution in [0.15, 0.2) is 77.7 Å². The molecule has 3 aromatic carbocycles. The highest BCUT2D eigenvalue weighted by Crippen LogP contribution is 2.32. The highest BCUT2D eigenvalue weighted by molar-refractivity contribution is 7.92. The minimum atomic E-state index is -4.16. The van der Waals surface area contributed by atoms with Gasteiger partial charge in [0.25, 0.3) is 15.9 Å². The zero-order valence-electron chi connectivity index (χ0n) is 17.4. The molecule has 0 fully saturated rings. The van der Waals surface area contributed by atoms with E-state index in [1.165, 1.54) is 45.6 Å². The third kappa shape index (κ3) is 6.87. The van der Waals surface area contributed by atoms with Crippen molar-refractivity contribution in [3.8, 4) is 11.5 Å². The van der Waals surface area contributed by atoms with Crippen LogP contribution in [0.2, 0.25) is 0 Å². The van der Waals surface area contributed by atoms with Crippen molar-refractivity contribution in [2.45, 2.75) is 17.7 Å². The number of rotatable bonds is 9. The quantitative estimate of drug-likeness (QED) is 0.411. The average molecular weight is 494 g/mol. The number of carbonyl (C=O) groups is 1. The van der Waals surface area contributed by atoms with Crippen LogP contribution in [0.5, 0.6) is 11.5 Å². The zero-order valence-corrected chi connectivity index (χ0v) is 19.4. The summed E-state index contributed by atoms with van der Waals surface area (Å²) in [6.45, 7) is 1.86. The predicted molar refractivity (Wildman–Crippen MR) is 125 cm³/mol. The van der Waals surface area contributed by atoms with Crippen molar-refractivity contribution in [3.63, 3.8) is 0 Å². The van der Waals surface area contributed by atoms with Crippen LogP contribution in [-0.4, -0.2) is 26.8 Å². The molecular weight excluding hydrogens is 473 g/mol. The van der Waals surface area contributed by atoms with Crippen LogP contribution in [-0.2, 0) is 10.0 Å². The Morgan fingerprint density at radius 1 is 1.00 bits per heavy atom. The van der Waals surface area contributed by atoms with Crippen molar-refractivity contribution in [3.05, 3.63) is 78.4 Å². The fourth-order valence-corrected chi connectivity index (χ4v) is 4.17. The highest BCUT2D eigenvalue weighted by atomic mass is 32.2. The van der Waals surface area contributed by atoms with E-state index in [1.54, 1.807) is 37.3 Å². The van der Waals surface area contributed by atoms with Gasteiger partial charge in [0.15, 0.2) is 0 Å². The molecule has 33 heavy (non-hydrogen) atoms. The van der Waals surface area contributed by atoms with Gasteiger partial charge in [-0.25, -0.2) is 8.42 Å². The maximum atomic E-state index is 13.1. The first-order valence-electron chi connectivity index (χ1n) is 9.69. The fourth-order valence-electron chi connectivity index (χ4n) is 2.86. The molecule has 1 unspecified atom stereocenters. The number of hydrogen-bond acceptors (Lipinski definition) is 5. The minimum absolute atomic E-state index is 0.0137. The van der Waals surface area contributed by atoms with Gasteiger partial charge in [-0.1, -0.05) is 24.3 Å². The van der Waals surface area contributed by atoms with Crippen LogP contribution in [0.4, 0.5) is 20.2 Å². The highest BCUT2D eigenvalue weighted by Gasteiger charge is 2.24. The summed E-state index contributed by atoms with van der Waals surface area (Å²) < 4.78 is 64.3. The molecule has 11 heteroatoms. The molecule has 0 bridgehead atoms. The smallest absolute Gasteiger partial charge is 0.408 e. The van der Waals surface area contributed by atoms with Crippen LogP contribution >= 0.6 is 9.24 Å². The number of sulfonamides is 1. The van der Waals surface area contributed by atoms with Crippen molar-refractivity contribution >= 4 is 36.5 Å². The van der Waals surface area contributed by atoms with Crippen molar-refractivity contribution in [1.82, 2.24) is 0 Å². The standard InChI is InChI=1S/C22H21F2N2O5PS/c1-2-30-19-14-16(25-21(27)15-7-4-3-5-8-15)11-12-20(19)33(28,29)26-17-9-6-10-18(13-17)31-22(23,24)32/h3-14,26H,2,32H2,1H3,(H,25,27). The second-order valence-corrected chi connectivity index (χ2v) is 9.03. The summed E-state index contributed by atoms with van der Waals surface area (Å²) in [5.41, 5.74) is 0.793. The molecule has 0 saturated heterocycles. The topological polar surface area (TPSA) is 93.7 Å². The molecule has 0 heterocycles. The summed E-state index contributed by atoms with van der Waals surface area (Å²) in [4.78, 5) is 12.2. The van der Waals surface area contributed by atoms with Gasteiger partial charge in [-0.3, -0.25) is 9.52 Å².